The SMILES string of the molecule is COc1cc(CNCC(C)O)ccc1OCc1ccc(F)cc1Cl. The highest BCUT2D eigenvalue weighted by Crippen LogP contribution is 2.29. The number of hydrogen-bond donors (Lipinski definition) is 2. The van der Waals surface area contributed by atoms with Gasteiger partial charge >= 0.3 is 0 Å². The second-order valence-corrected chi connectivity index (χ2v) is 5.90. The van der Waals surface area contributed by atoms with Crippen molar-refractivity contribution in [3.05, 3.63) is 58.4 Å². The van der Waals surface area contributed by atoms with Crippen LogP contribution in [0.15, 0.2) is 36.4 Å². The third-order valence-electron chi connectivity index (χ3n) is 3.40. The lowest BCUT2D eigenvalue weighted by molar-refractivity contribution is 0.191. The van der Waals surface area contributed by atoms with Gasteiger partial charge in [-0.2, -0.15) is 0 Å². The van der Waals surface area contributed by atoms with Gasteiger partial charge in [0.15, 0.2) is 11.5 Å². The first-order chi connectivity index (χ1) is 11.5. The average Bonchev–Trinajstić information content (AvgIpc) is 2.54. The predicted octanol–water partition coefficient (Wildman–Crippen LogP) is 3.54. The summed E-state index contributed by atoms with van der Waals surface area (Å²) < 4.78 is 24.2. The van der Waals surface area contributed by atoms with Crippen molar-refractivity contribution in [2.75, 3.05) is 13.7 Å². The van der Waals surface area contributed by atoms with E-state index in [2.05, 4.69) is 5.32 Å². The van der Waals surface area contributed by atoms with Crippen molar-refractivity contribution in [3.8, 4) is 11.5 Å². The Morgan fingerprint density at radius 2 is 2.00 bits per heavy atom. The van der Waals surface area contributed by atoms with E-state index in [4.69, 9.17) is 21.1 Å². The molecule has 0 aliphatic heterocycles. The number of rotatable bonds is 8. The van der Waals surface area contributed by atoms with E-state index < -0.39 is 6.10 Å². The Morgan fingerprint density at radius 1 is 1.21 bits per heavy atom. The maximum atomic E-state index is 13.1. The van der Waals surface area contributed by atoms with Crippen LogP contribution in [0.5, 0.6) is 11.5 Å². The standard InChI is InChI=1S/C18H21ClFNO3/c1-12(22)9-21-10-13-3-6-17(18(7-13)23-2)24-11-14-4-5-15(20)8-16(14)19/h3-8,12,21-22H,9-11H2,1-2H3. The van der Waals surface area contributed by atoms with Crippen LogP contribution < -0.4 is 14.8 Å². The van der Waals surface area contributed by atoms with Gasteiger partial charge in [-0.1, -0.05) is 23.7 Å². The summed E-state index contributed by atoms with van der Waals surface area (Å²) >= 11 is 6.00. The molecule has 1 atom stereocenters. The summed E-state index contributed by atoms with van der Waals surface area (Å²) in [5.74, 6) is 0.803. The zero-order chi connectivity index (χ0) is 17.5. The molecule has 2 rings (SSSR count). The molecule has 1 unspecified atom stereocenters. The molecular formula is C18H21ClFNO3. The normalized spacial score (nSPS) is 12.0. The molecule has 0 heterocycles. The van der Waals surface area contributed by atoms with Crippen LogP contribution in [0.2, 0.25) is 5.02 Å². The summed E-state index contributed by atoms with van der Waals surface area (Å²) in [4.78, 5) is 0. The molecule has 6 heteroatoms. The second-order valence-electron chi connectivity index (χ2n) is 5.49. The third kappa shape index (κ3) is 5.37. The number of hydrogen-bond acceptors (Lipinski definition) is 4. The quantitative estimate of drug-likeness (QED) is 0.762. The first-order valence-electron chi connectivity index (χ1n) is 7.62. The highest BCUT2D eigenvalue weighted by Gasteiger charge is 2.08. The van der Waals surface area contributed by atoms with Crippen molar-refractivity contribution in [1.82, 2.24) is 5.32 Å². The number of methoxy groups -OCH3 is 1. The van der Waals surface area contributed by atoms with E-state index in [1.54, 1.807) is 20.1 Å². The van der Waals surface area contributed by atoms with Crippen LogP contribution in [-0.2, 0) is 13.2 Å². The van der Waals surface area contributed by atoms with E-state index in [1.807, 2.05) is 18.2 Å². The van der Waals surface area contributed by atoms with Gasteiger partial charge in [0.05, 0.1) is 18.2 Å². The van der Waals surface area contributed by atoms with E-state index in [0.29, 0.717) is 35.2 Å². The summed E-state index contributed by atoms with van der Waals surface area (Å²) in [7, 11) is 1.57. The Bertz CT molecular complexity index is 679. The van der Waals surface area contributed by atoms with Crippen LogP contribution in [0.4, 0.5) is 4.39 Å². The summed E-state index contributed by atoms with van der Waals surface area (Å²) in [5, 5.41) is 12.7. The number of benzene rings is 2. The van der Waals surface area contributed by atoms with Crippen molar-refractivity contribution >= 4 is 11.6 Å². The average molecular weight is 354 g/mol. The Hall–Kier alpha value is -1.82. The zero-order valence-corrected chi connectivity index (χ0v) is 14.4. The molecule has 0 aliphatic carbocycles. The Labute approximate surface area is 146 Å². The summed E-state index contributed by atoms with van der Waals surface area (Å²) in [6.45, 7) is 3.08. The monoisotopic (exact) mass is 353 g/mol. The molecule has 0 bridgehead atoms. The van der Waals surface area contributed by atoms with Crippen molar-refractivity contribution < 1.29 is 19.0 Å². The number of nitrogens with one attached hydrogen (secondary N) is 1. The number of halogens is 2. The molecule has 0 amide bonds. The lowest BCUT2D eigenvalue weighted by atomic mass is 10.2. The topological polar surface area (TPSA) is 50.7 Å². The van der Waals surface area contributed by atoms with Crippen LogP contribution in [0.25, 0.3) is 0 Å². The Kier molecular flexibility index (Phi) is 6.85. The molecule has 4 nitrogen and oxygen atoms in total. The second kappa shape index (κ2) is 8.87. The molecule has 0 aromatic heterocycles. The third-order valence-corrected chi connectivity index (χ3v) is 3.75. The van der Waals surface area contributed by atoms with Gasteiger partial charge in [-0.3, -0.25) is 0 Å². The van der Waals surface area contributed by atoms with E-state index in [-0.39, 0.29) is 12.4 Å². The molecule has 0 spiro atoms. The van der Waals surface area contributed by atoms with Gasteiger partial charge < -0.3 is 19.9 Å². The molecule has 2 N–H and O–H groups in total. The van der Waals surface area contributed by atoms with Crippen LogP contribution in [0, 0.1) is 5.82 Å². The predicted molar refractivity (Wildman–Crippen MR) is 92.1 cm³/mol. The van der Waals surface area contributed by atoms with Crippen LogP contribution in [0.3, 0.4) is 0 Å². The van der Waals surface area contributed by atoms with E-state index in [1.165, 1.54) is 12.1 Å². The molecule has 130 valence electrons. The fourth-order valence-corrected chi connectivity index (χ4v) is 2.38. The minimum Gasteiger partial charge on any atom is -0.493 e. The summed E-state index contributed by atoms with van der Waals surface area (Å²) in [6.07, 6.45) is -0.394. The maximum Gasteiger partial charge on any atom is 0.161 e. The minimum absolute atomic E-state index is 0.217. The van der Waals surface area contributed by atoms with E-state index in [0.717, 1.165) is 5.56 Å². The van der Waals surface area contributed by atoms with E-state index in [9.17, 15) is 9.50 Å². The van der Waals surface area contributed by atoms with Crippen LogP contribution in [-0.4, -0.2) is 24.9 Å². The molecule has 0 aliphatic rings. The molecule has 0 saturated carbocycles. The highest BCUT2D eigenvalue weighted by atomic mass is 35.5. The molecule has 24 heavy (non-hydrogen) atoms. The van der Waals surface area contributed by atoms with Crippen LogP contribution >= 0.6 is 11.6 Å². The van der Waals surface area contributed by atoms with Gasteiger partial charge in [-0.15, -0.1) is 0 Å². The summed E-state index contributed by atoms with van der Waals surface area (Å²) in [5.41, 5.74) is 1.71. The lowest BCUT2D eigenvalue weighted by Gasteiger charge is -2.13. The first-order valence-corrected chi connectivity index (χ1v) is 8.00. The Balaban J connectivity index is 2.01. The molecule has 0 saturated heterocycles. The Morgan fingerprint density at radius 3 is 2.67 bits per heavy atom. The van der Waals surface area contributed by atoms with Gasteiger partial charge in [0, 0.05) is 18.7 Å². The maximum absolute atomic E-state index is 13.1. The number of ether oxygens (including phenoxy) is 2. The first kappa shape index (κ1) is 18.5. The largest absolute Gasteiger partial charge is 0.493 e. The van der Waals surface area contributed by atoms with Gasteiger partial charge in [0.1, 0.15) is 12.4 Å². The van der Waals surface area contributed by atoms with Crippen molar-refractivity contribution in [2.45, 2.75) is 26.2 Å². The van der Waals surface area contributed by atoms with Gasteiger partial charge in [-0.05, 0) is 36.8 Å². The smallest absolute Gasteiger partial charge is 0.161 e. The molecular weight excluding hydrogens is 333 g/mol. The van der Waals surface area contributed by atoms with Gasteiger partial charge in [0.25, 0.3) is 0 Å². The molecule has 2 aromatic carbocycles. The van der Waals surface area contributed by atoms with Gasteiger partial charge in [-0.25, -0.2) is 4.39 Å². The van der Waals surface area contributed by atoms with Crippen LogP contribution in [0.1, 0.15) is 18.1 Å². The molecule has 2 aromatic rings. The van der Waals surface area contributed by atoms with Crippen molar-refractivity contribution in [1.29, 1.82) is 0 Å². The molecule has 0 fully saturated rings. The lowest BCUT2D eigenvalue weighted by Crippen LogP contribution is -2.23. The molecule has 0 radical (unpaired) electrons. The summed E-state index contributed by atoms with van der Waals surface area (Å²) in [6, 6.07) is 9.80. The van der Waals surface area contributed by atoms with Crippen molar-refractivity contribution in [2.24, 2.45) is 0 Å². The van der Waals surface area contributed by atoms with E-state index >= 15 is 0 Å². The fraction of sp³-hybridized carbons (Fsp3) is 0.333. The van der Waals surface area contributed by atoms with Gasteiger partial charge in [0.2, 0.25) is 0 Å². The number of aliphatic hydroxyl groups excluding tert-OH is 1. The number of aliphatic hydroxyl groups is 1. The zero-order valence-electron chi connectivity index (χ0n) is 13.7. The minimum atomic E-state index is -0.394. The highest BCUT2D eigenvalue weighted by molar-refractivity contribution is 6.31. The van der Waals surface area contributed by atoms with Crippen molar-refractivity contribution in [3.63, 3.8) is 0 Å². The fourth-order valence-electron chi connectivity index (χ4n) is 2.16.